The minimum atomic E-state index is -0.681. The normalized spacial score (nSPS) is 14.6. The van der Waals surface area contributed by atoms with Gasteiger partial charge < -0.3 is 14.4 Å². The Morgan fingerprint density at radius 2 is 1.71 bits per heavy atom. The van der Waals surface area contributed by atoms with E-state index in [1.54, 1.807) is 30.0 Å². The van der Waals surface area contributed by atoms with Crippen LogP contribution in [0.15, 0.2) is 60.7 Å². The van der Waals surface area contributed by atoms with Gasteiger partial charge in [0, 0.05) is 24.3 Å². The van der Waals surface area contributed by atoms with Crippen LogP contribution in [0.4, 0.5) is 13.6 Å². The monoisotopic (exact) mass is 520 g/mol. The lowest BCUT2D eigenvalue weighted by molar-refractivity contribution is 0.0197. The van der Waals surface area contributed by atoms with Crippen molar-refractivity contribution in [1.29, 1.82) is 0 Å². The zero-order valence-corrected chi connectivity index (χ0v) is 22.3. The van der Waals surface area contributed by atoms with Crippen molar-refractivity contribution >= 4 is 12.2 Å². The molecule has 1 fully saturated rings. The van der Waals surface area contributed by atoms with Crippen LogP contribution in [0.1, 0.15) is 50.4 Å². The number of hydrogen-bond acceptors (Lipinski definition) is 4. The van der Waals surface area contributed by atoms with Gasteiger partial charge in [0.1, 0.15) is 23.8 Å². The summed E-state index contributed by atoms with van der Waals surface area (Å²) >= 11 is 0. The molecular weight excluding hydrogens is 486 g/mol. The molecule has 0 spiro atoms. The fourth-order valence-electron chi connectivity index (χ4n) is 4.35. The van der Waals surface area contributed by atoms with Gasteiger partial charge in [-0.15, -0.1) is 0 Å². The van der Waals surface area contributed by atoms with Crippen LogP contribution in [-0.4, -0.2) is 34.7 Å². The molecule has 7 heteroatoms. The molecule has 0 bridgehead atoms. The molecule has 3 aromatic rings. The van der Waals surface area contributed by atoms with Crippen molar-refractivity contribution in [3.05, 3.63) is 89.1 Å². The van der Waals surface area contributed by atoms with Crippen molar-refractivity contribution in [1.82, 2.24) is 9.88 Å². The van der Waals surface area contributed by atoms with Gasteiger partial charge in [0.25, 0.3) is 0 Å². The molecule has 0 unspecified atom stereocenters. The van der Waals surface area contributed by atoms with Crippen molar-refractivity contribution in [3.8, 4) is 17.0 Å². The minimum Gasteiger partial charge on any atom is -0.472 e. The first-order chi connectivity index (χ1) is 18.1. The summed E-state index contributed by atoms with van der Waals surface area (Å²) in [5.74, 6) is -0.968. The number of halogens is 2. The van der Waals surface area contributed by atoms with Gasteiger partial charge in [0.2, 0.25) is 5.88 Å². The van der Waals surface area contributed by atoms with E-state index in [0.717, 1.165) is 18.4 Å². The Labute approximate surface area is 223 Å². The number of allylic oxidation sites excluding steroid dienone is 1. The van der Waals surface area contributed by atoms with Gasteiger partial charge in [-0.1, -0.05) is 42.5 Å². The summed E-state index contributed by atoms with van der Waals surface area (Å²) < 4.78 is 41.9. The van der Waals surface area contributed by atoms with E-state index in [1.807, 2.05) is 57.2 Å². The van der Waals surface area contributed by atoms with Crippen LogP contribution < -0.4 is 4.74 Å². The van der Waals surface area contributed by atoms with Crippen LogP contribution >= 0.6 is 0 Å². The van der Waals surface area contributed by atoms with E-state index in [-0.39, 0.29) is 35.6 Å². The number of pyridine rings is 1. The van der Waals surface area contributed by atoms with Gasteiger partial charge in [0.15, 0.2) is 0 Å². The summed E-state index contributed by atoms with van der Waals surface area (Å²) in [5.41, 5.74) is 1.63. The largest absolute Gasteiger partial charge is 0.472 e. The Hall–Kier alpha value is -3.74. The van der Waals surface area contributed by atoms with Crippen LogP contribution in [0.3, 0.4) is 0 Å². The average Bonchev–Trinajstić information content (AvgIpc) is 2.87. The SMILES string of the molecule is Cc1ccc(-c2c(F)cc(/C=C/C3CCN(C(=O)OC(C)(C)C)CC3)cc2F)c(OCc2ccccc2)n1. The van der Waals surface area contributed by atoms with E-state index in [9.17, 15) is 4.79 Å². The maximum Gasteiger partial charge on any atom is 0.410 e. The number of ether oxygens (including phenoxy) is 2. The lowest BCUT2D eigenvalue weighted by Gasteiger charge is -2.32. The van der Waals surface area contributed by atoms with E-state index in [0.29, 0.717) is 24.3 Å². The second-order valence-corrected chi connectivity index (χ2v) is 10.6. The predicted molar refractivity (Wildman–Crippen MR) is 145 cm³/mol. The topological polar surface area (TPSA) is 51.7 Å². The van der Waals surface area contributed by atoms with Crippen LogP contribution in [0.25, 0.3) is 17.2 Å². The third-order valence-corrected chi connectivity index (χ3v) is 6.30. The maximum absolute atomic E-state index is 15.3. The van der Waals surface area contributed by atoms with Gasteiger partial charge in [-0.2, -0.15) is 0 Å². The molecule has 5 nitrogen and oxygen atoms in total. The zero-order chi connectivity index (χ0) is 27.3. The highest BCUT2D eigenvalue weighted by Crippen LogP contribution is 2.34. The number of nitrogens with zero attached hydrogens (tertiary/aromatic N) is 2. The fraction of sp³-hybridized carbons (Fsp3) is 0.355. The van der Waals surface area contributed by atoms with Gasteiger partial charge >= 0.3 is 6.09 Å². The molecule has 1 aliphatic rings. The third-order valence-electron chi connectivity index (χ3n) is 6.30. The van der Waals surface area contributed by atoms with Gasteiger partial charge in [-0.25, -0.2) is 18.6 Å². The van der Waals surface area contributed by atoms with Crippen LogP contribution in [0.2, 0.25) is 0 Å². The molecule has 38 heavy (non-hydrogen) atoms. The Balaban J connectivity index is 1.45. The Bertz CT molecular complexity index is 1270. The second-order valence-electron chi connectivity index (χ2n) is 10.6. The van der Waals surface area contributed by atoms with Gasteiger partial charge in [-0.3, -0.25) is 0 Å². The average molecular weight is 521 g/mol. The van der Waals surface area contributed by atoms with E-state index in [4.69, 9.17) is 9.47 Å². The van der Waals surface area contributed by atoms with Crippen LogP contribution in [0.5, 0.6) is 5.88 Å². The molecule has 200 valence electrons. The Morgan fingerprint density at radius 1 is 1.05 bits per heavy atom. The highest BCUT2D eigenvalue weighted by Gasteiger charge is 2.26. The number of carbonyl (C=O) groups excluding carboxylic acids is 1. The third kappa shape index (κ3) is 7.18. The van der Waals surface area contributed by atoms with E-state index < -0.39 is 17.2 Å². The molecular formula is C31H34F2N2O3. The molecule has 0 saturated carbocycles. The number of carbonyl (C=O) groups is 1. The van der Waals surface area contributed by atoms with E-state index in [2.05, 4.69) is 4.98 Å². The highest BCUT2D eigenvalue weighted by atomic mass is 19.1. The lowest BCUT2D eigenvalue weighted by atomic mass is 9.95. The van der Waals surface area contributed by atoms with Gasteiger partial charge in [0.05, 0.1) is 5.56 Å². The molecule has 4 rings (SSSR count). The number of benzene rings is 2. The minimum absolute atomic E-state index is 0.164. The smallest absolute Gasteiger partial charge is 0.410 e. The van der Waals surface area contributed by atoms with E-state index >= 15 is 8.78 Å². The molecule has 1 aliphatic heterocycles. The number of aromatic nitrogens is 1. The first kappa shape index (κ1) is 27.3. The summed E-state index contributed by atoms with van der Waals surface area (Å²) in [5, 5.41) is 0. The number of likely N-dealkylation sites (tertiary alicyclic amines) is 1. The summed E-state index contributed by atoms with van der Waals surface area (Å²) in [4.78, 5) is 18.4. The number of amides is 1. The van der Waals surface area contributed by atoms with Crippen molar-refractivity contribution in [3.63, 3.8) is 0 Å². The summed E-state index contributed by atoms with van der Waals surface area (Å²) in [6.07, 6.45) is 4.91. The van der Waals surface area contributed by atoms with E-state index in [1.165, 1.54) is 12.1 Å². The van der Waals surface area contributed by atoms with Crippen molar-refractivity contribution in [2.75, 3.05) is 13.1 Å². The molecule has 0 aliphatic carbocycles. The summed E-state index contributed by atoms with van der Waals surface area (Å²) in [6, 6.07) is 15.5. The first-order valence-electron chi connectivity index (χ1n) is 12.9. The maximum atomic E-state index is 15.3. The quantitative estimate of drug-likeness (QED) is 0.336. The molecule has 1 aromatic heterocycles. The van der Waals surface area contributed by atoms with Crippen LogP contribution in [-0.2, 0) is 11.3 Å². The number of aryl methyl sites for hydroxylation is 1. The van der Waals surface area contributed by atoms with Crippen molar-refractivity contribution < 1.29 is 23.0 Å². The summed E-state index contributed by atoms with van der Waals surface area (Å²) in [6.45, 7) is 8.74. The molecule has 1 saturated heterocycles. The standard InChI is InChI=1S/C31H34F2N2O3/c1-21-10-13-25(29(34-21)37-20-23-8-6-5-7-9-23)28-26(32)18-24(19-27(28)33)12-11-22-14-16-35(17-15-22)30(36)38-31(2,3)4/h5-13,18-19,22H,14-17,20H2,1-4H3/b12-11+. The molecule has 2 heterocycles. The van der Waals surface area contributed by atoms with Crippen molar-refractivity contribution in [2.45, 2.75) is 52.7 Å². The molecule has 2 aromatic carbocycles. The number of piperidine rings is 1. The molecule has 0 N–H and O–H groups in total. The molecule has 1 amide bonds. The van der Waals surface area contributed by atoms with Crippen LogP contribution in [0, 0.1) is 24.5 Å². The summed E-state index contributed by atoms with van der Waals surface area (Å²) in [7, 11) is 0. The van der Waals surface area contributed by atoms with Gasteiger partial charge in [-0.05, 0) is 81.8 Å². The highest BCUT2D eigenvalue weighted by molar-refractivity contribution is 5.72. The number of hydrogen-bond donors (Lipinski definition) is 0. The second kappa shape index (κ2) is 11.8. The number of rotatable bonds is 6. The Morgan fingerprint density at radius 3 is 2.34 bits per heavy atom. The predicted octanol–water partition coefficient (Wildman–Crippen LogP) is 7.57. The fourth-order valence-corrected chi connectivity index (χ4v) is 4.35. The first-order valence-corrected chi connectivity index (χ1v) is 12.9. The Kier molecular flexibility index (Phi) is 8.45. The molecule has 0 atom stereocenters. The van der Waals surface area contributed by atoms with Crippen molar-refractivity contribution in [2.24, 2.45) is 5.92 Å². The lowest BCUT2D eigenvalue weighted by Crippen LogP contribution is -2.41. The zero-order valence-electron chi connectivity index (χ0n) is 22.3. The molecule has 0 radical (unpaired) electrons.